The van der Waals surface area contributed by atoms with E-state index < -0.39 is 11.6 Å². The van der Waals surface area contributed by atoms with Crippen LogP contribution in [0.15, 0.2) is 18.2 Å². The van der Waals surface area contributed by atoms with Gasteiger partial charge < -0.3 is 15.4 Å². The first-order chi connectivity index (χ1) is 12.0. The van der Waals surface area contributed by atoms with E-state index >= 15 is 0 Å². The lowest BCUT2D eigenvalue weighted by molar-refractivity contribution is -0.122. The van der Waals surface area contributed by atoms with Crippen LogP contribution in [-0.2, 0) is 9.53 Å². The van der Waals surface area contributed by atoms with Crippen LogP contribution in [0.1, 0.15) is 50.5 Å². The quantitative estimate of drug-likeness (QED) is 0.857. The van der Waals surface area contributed by atoms with E-state index in [9.17, 15) is 13.6 Å². The Hall–Kier alpha value is -1.53. The molecule has 0 aromatic heterocycles. The van der Waals surface area contributed by atoms with Gasteiger partial charge in [-0.25, -0.2) is 8.78 Å². The molecule has 138 valence electrons. The van der Waals surface area contributed by atoms with Crippen molar-refractivity contribution < 1.29 is 18.3 Å². The molecule has 2 aliphatic rings. The van der Waals surface area contributed by atoms with Gasteiger partial charge in [0, 0.05) is 24.9 Å². The molecule has 4 atom stereocenters. The van der Waals surface area contributed by atoms with Gasteiger partial charge in [-0.1, -0.05) is 6.07 Å². The van der Waals surface area contributed by atoms with Crippen LogP contribution in [0.2, 0.25) is 0 Å². The van der Waals surface area contributed by atoms with Gasteiger partial charge in [-0.3, -0.25) is 4.79 Å². The van der Waals surface area contributed by atoms with Gasteiger partial charge in [-0.15, -0.1) is 0 Å². The highest BCUT2D eigenvalue weighted by atomic mass is 19.2. The molecule has 2 saturated heterocycles. The summed E-state index contributed by atoms with van der Waals surface area (Å²) >= 11 is 0. The molecule has 0 radical (unpaired) electrons. The molecule has 1 amide bonds. The maximum atomic E-state index is 13.6. The molecular formula is C19H26F2N2O2. The van der Waals surface area contributed by atoms with E-state index in [1.807, 2.05) is 0 Å². The number of carbonyl (C=O) groups excluding carboxylic acids is 1. The first kappa shape index (κ1) is 18.3. The van der Waals surface area contributed by atoms with Crippen molar-refractivity contribution in [2.24, 2.45) is 0 Å². The Morgan fingerprint density at radius 2 is 2.12 bits per heavy atom. The fourth-order valence-electron chi connectivity index (χ4n) is 3.82. The van der Waals surface area contributed by atoms with Crippen molar-refractivity contribution >= 4 is 5.91 Å². The molecule has 2 heterocycles. The Bertz CT molecular complexity index is 611. The number of halogens is 2. The summed E-state index contributed by atoms with van der Waals surface area (Å²) in [6, 6.07) is 3.90. The van der Waals surface area contributed by atoms with Crippen LogP contribution in [0.25, 0.3) is 0 Å². The van der Waals surface area contributed by atoms with Gasteiger partial charge >= 0.3 is 0 Å². The van der Waals surface area contributed by atoms with Crippen LogP contribution < -0.4 is 10.6 Å². The molecule has 4 unspecified atom stereocenters. The monoisotopic (exact) mass is 352 g/mol. The summed E-state index contributed by atoms with van der Waals surface area (Å²) in [5.74, 6) is -1.70. The summed E-state index contributed by atoms with van der Waals surface area (Å²) in [4.78, 5) is 12.3. The van der Waals surface area contributed by atoms with Crippen LogP contribution in [0.3, 0.4) is 0 Å². The van der Waals surface area contributed by atoms with Gasteiger partial charge in [0.2, 0.25) is 5.91 Å². The molecule has 0 saturated carbocycles. The van der Waals surface area contributed by atoms with E-state index in [0.29, 0.717) is 13.0 Å². The van der Waals surface area contributed by atoms with Crippen LogP contribution in [0.5, 0.6) is 0 Å². The van der Waals surface area contributed by atoms with Crippen molar-refractivity contribution in [2.45, 2.75) is 63.2 Å². The van der Waals surface area contributed by atoms with Crippen molar-refractivity contribution in [3.63, 3.8) is 0 Å². The zero-order valence-corrected chi connectivity index (χ0v) is 14.6. The molecule has 25 heavy (non-hydrogen) atoms. The molecule has 6 heteroatoms. The normalized spacial score (nSPS) is 29.6. The van der Waals surface area contributed by atoms with E-state index in [-0.39, 0.29) is 30.1 Å². The lowest BCUT2D eigenvalue weighted by Crippen LogP contribution is -2.50. The Labute approximate surface area is 147 Å². The maximum absolute atomic E-state index is 13.6. The summed E-state index contributed by atoms with van der Waals surface area (Å²) in [5.41, 5.74) is 0.735. The summed E-state index contributed by atoms with van der Waals surface area (Å²) < 4.78 is 32.5. The second kappa shape index (κ2) is 8.23. The van der Waals surface area contributed by atoms with Gasteiger partial charge in [0.1, 0.15) is 0 Å². The van der Waals surface area contributed by atoms with Crippen molar-refractivity contribution in [3.8, 4) is 0 Å². The van der Waals surface area contributed by atoms with Crippen LogP contribution >= 0.6 is 0 Å². The maximum Gasteiger partial charge on any atom is 0.220 e. The van der Waals surface area contributed by atoms with Crippen molar-refractivity contribution in [3.05, 3.63) is 35.4 Å². The predicted octanol–water partition coefficient (Wildman–Crippen LogP) is 2.87. The molecule has 1 aromatic carbocycles. The second-order valence-corrected chi connectivity index (χ2v) is 7.13. The van der Waals surface area contributed by atoms with Crippen molar-refractivity contribution in [2.75, 3.05) is 13.1 Å². The molecule has 2 aliphatic heterocycles. The van der Waals surface area contributed by atoms with Crippen LogP contribution in [0, 0.1) is 11.6 Å². The first-order valence-corrected chi connectivity index (χ1v) is 9.13. The first-order valence-electron chi connectivity index (χ1n) is 9.13. The molecular weight excluding hydrogens is 326 g/mol. The average Bonchev–Trinajstić information content (AvgIpc) is 3.02. The molecule has 4 nitrogen and oxygen atoms in total. The topological polar surface area (TPSA) is 50.4 Å². The molecule has 3 rings (SSSR count). The van der Waals surface area contributed by atoms with Gasteiger partial charge in [0.25, 0.3) is 0 Å². The van der Waals surface area contributed by atoms with Gasteiger partial charge in [-0.05, 0) is 56.8 Å². The molecule has 0 spiro atoms. The fourth-order valence-corrected chi connectivity index (χ4v) is 3.82. The number of benzene rings is 1. The number of rotatable bonds is 5. The Balaban J connectivity index is 1.57. The summed E-state index contributed by atoms with van der Waals surface area (Å²) in [6.45, 7) is 3.48. The van der Waals surface area contributed by atoms with Crippen LogP contribution in [-0.4, -0.2) is 37.2 Å². The lowest BCUT2D eigenvalue weighted by atomic mass is 9.86. The smallest absolute Gasteiger partial charge is 0.220 e. The minimum absolute atomic E-state index is 0.00978. The van der Waals surface area contributed by atoms with Gasteiger partial charge in [0.05, 0.1) is 12.2 Å². The summed E-state index contributed by atoms with van der Waals surface area (Å²) in [6.07, 6.45) is 4.46. The van der Waals surface area contributed by atoms with Crippen LogP contribution in [0.4, 0.5) is 8.78 Å². The summed E-state index contributed by atoms with van der Waals surface area (Å²) in [7, 11) is 0. The number of hydrogen-bond donors (Lipinski definition) is 2. The number of amides is 1. The number of nitrogens with one attached hydrogen (secondary N) is 2. The fraction of sp³-hybridized carbons (Fsp3) is 0.632. The Morgan fingerprint density at radius 3 is 2.84 bits per heavy atom. The van der Waals surface area contributed by atoms with Gasteiger partial charge in [-0.2, -0.15) is 0 Å². The average molecular weight is 352 g/mol. The van der Waals surface area contributed by atoms with E-state index in [1.54, 1.807) is 6.07 Å². The van der Waals surface area contributed by atoms with E-state index in [2.05, 4.69) is 17.6 Å². The third kappa shape index (κ3) is 4.76. The lowest BCUT2D eigenvalue weighted by Gasteiger charge is -2.33. The largest absolute Gasteiger partial charge is 0.375 e. The Kier molecular flexibility index (Phi) is 6.02. The zero-order chi connectivity index (χ0) is 17.8. The van der Waals surface area contributed by atoms with Crippen molar-refractivity contribution in [1.29, 1.82) is 0 Å². The molecule has 2 fully saturated rings. The third-order valence-corrected chi connectivity index (χ3v) is 5.21. The standard InChI is InChI=1S/C19H26F2N2O2/c1-12-2-4-14(25-12)5-7-19(24)23-18-11-22-9-8-15(18)13-3-6-16(20)17(21)10-13/h3,6,10,12,14-15,18,22H,2,4-5,7-9,11H2,1H3,(H,23,24). The molecule has 1 aromatic rings. The van der Waals surface area contributed by atoms with E-state index in [4.69, 9.17) is 4.74 Å². The van der Waals surface area contributed by atoms with Gasteiger partial charge in [0.15, 0.2) is 11.6 Å². The van der Waals surface area contributed by atoms with E-state index in [0.717, 1.165) is 43.9 Å². The summed E-state index contributed by atoms with van der Waals surface area (Å²) in [5, 5.41) is 6.33. The third-order valence-electron chi connectivity index (χ3n) is 5.21. The molecule has 2 N–H and O–H groups in total. The van der Waals surface area contributed by atoms with E-state index in [1.165, 1.54) is 6.07 Å². The molecule has 0 bridgehead atoms. The number of carbonyl (C=O) groups is 1. The Morgan fingerprint density at radius 1 is 1.28 bits per heavy atom. The number of piperidine rings is 1. The predicted molar refractivity (Wildman–Crippen MR) is 91.3 cm³/mol. The minimum atomic E-state index is -0.843. The highest BCUT2D eigenvalue weighted by Gasteiger charge is 2.29. The SMILES string of the molecule is CC1CCC(CCC(=O)NC2CNCCC2c2ccc(F)c(F)c2)O1. The highest BCUT2D eigenvalue weighted by molar-refractivity contribution is 5.76. The number of ether oxygens (including phenoxy) is 1. The van der Waals surface area contributed by atoms with Crippen molar-refractivity contribution in [1.82, 2.24) is 10.6 Å². The molecule has 0 aliphatic carbocycles. The minimum Gasteiger partial charge on any atom is -0.375 e. The highest BCUT2D eigenvalue weighted by Crippen LogP contribution is 2.27. The zero-order valence-electron chi connectivity index (χ0n) is 14.6. The second-order valence-electron chi connectivity index (χ2n) is 7.13. The number of hydrogen-bond acceptors (Lipinski definition) is 3.